The molecule has 198 valence electrons. The normalized spacial score (nSPS) is 11.2. The number of carbonyl (C=O) groups is 1. The highest BCUT2D eigenvalue weighted by Crippen LogP contribution is 2.08. The second kappa shape index (κ2) is 29.3. The Labute approximate surface area is 203 Å². The first-order valence-electron chi connectivity index (χ1n) is 13.4. The number of unbranched alkanes of at least 4 members (excludes halogenated alkanes) is 9. The van der Waals surface area contributed by atoms with Crippen molar-refractivity contribution in [3.8, 4) is 0 Å². The van der Waals surface area contributed by atoms with E-state index in [-0.39, 0.29) is 5.97 Å². The maximum atomic E-state index is 11.4. The number of hydrogen-bond donors (Lipinski definition) is 0. The third-order valence-electron chi connectivity index (χ3n) is 5.11. The van der Waals surface area contributed by atoms with Crippen LogP contribution in [0.5, 0.6) is 0 Å². The van der Waals surface area contributed by atoms with Crippen LogP contribution in [0.4, 0.5) is 0 Å². The molecule has 33 heavy (non-hydrogen) atoms. The van der Waals surface area contributed by atoms with Gasteiger partial charge in [-0.25, -0.2) is 0 Å². The standard InChI is InChI=1S/C26H52O7/c1-3-5-7-8-9-10-11-13-15-28-16-17-29-18-19-30-20-21-31-22-23-32-24-25-33-26(27)14-12-6-4-2/h3-25H2,1-2H3. The Kier molecular flexibility index (Phi) is 28.7. The minimum atomic E-state index is -0.143. The number of hydrogen-bond acceptors (Lipinski definition) is 7. The van der Waals surface area contributed by atoms with Crippen molar-refractivity contribution in [2.75, 3.05) is 72.7 Å². The molecule has 0 aliphatic carbocycles. The number of ether oxygens (including phenoxy) is 6. The van der Waals surface area contributed by atoms with Gasteiger partial charge >= 0.3 is 5.97 Å². The molecule has 0 spiro atoms. The van der Waals surface area contributed by atoms with Gasteiger partial charge in [-0.15, -0.1) is 0 Å². The predicted molar refractivity (Wildman–Crippen MR) is 132 cm³/mol. The van der Waals surface area contributed by atoms with Crippen LogP contribution in [0.3, 0.4) is 0 Å². The van der Waals surface area contributed by atoms with Crippen molar-refractivity contribution in [1.29, 1.82) is 0 Å². The van der Waals surface area contributed by atoms with E-state index in [4.69, 9.17) is 28.4 Å². The van der Waals surface area contributed by atoms with Crippen LogP contribution in [0.25, 0.3) is 0 Å². The maximum Gasteiger partial charge on any atom is 0.305 e. The molecule has 0 fully saturated rings. The van der Waals surface area contributed by atoms with Crippen LogP contribution in [-0.2, 0) is 33.2 Å². The Morgan fingerprint density at radius 2 is 0.788 bits per heavy atom. The lowest BCUT2D eigenvalue weighted by Gasteiger charge is -2.08. The average molecular weight is 477 g/mol. The lowest BCUT2D eigenvalue weighted by atomic mass is 10.1. The smallest absolute Gasteiger partial charge is 0.305 e. The molecule has 0 radical (unpaired) electrons. The van der Waals surface area contributed by atoms with Crippen molar-refractivity contribution in [1.82, 2.24) is 0 Å². The SMILES string of the molecule is CCCCCCCCCCOCCOCCOCCOCCOCCOC(=O)CCCCC. The van der Waals surface area contributed by atoms with Crippen LogP contribution >= 0.6 is 0 Å². The summed E-state index contributed by atoms with van der Waals surface area (Å²) < 4.78 is 32.5. The molecule has 0 bridgehead atoms. The topological polar surface area (TPSA) is 72.5 Å². The highest BCUT2D eigenvalue weighted by Gasteiger charge is 2.01. The summed E-state index contributed by atoms with van der Waals surface area (Å²) >= 11 is 0. The monoisotopic (exact) mass is 476 g/mol. The molecule has 0 atom stereocenters. The van der Waals surface area contributed by atoms with Gasteiger partial charge in [0, 0.05) is 13.0 Å². The zero-order chi connectivity index (χ0) is 24.1. The minimum absolute atomic E-state index is 0.143. The van der Waals surface area contributed by atoms with Gasteiger partial charge in [-0.2, -0.15) is 0 Å². The Morgan fingerprint density at radius 3 is 1.27 bits per heavy atom. The van der Waals surface area contributed by atoms with E-state index in [9.17, 15) is 4.79 Å². The van der Waals surface area contributed by atoms with Crippen LogP contribution in [0, 0.1) is 0 Å². The average Bonchev–Trinajstić information content (AvgIpc) is 2.82. The summed E-state index contributed by atoms with van der Waals surface area (Å²) in [5.74, 6) is -0.143. The fourth-order valence-electron chi connectivity index (χ4n) is 3.13. The summed E-state index contributed by atoms with van der Waals surface area (Å²) in [4.78, 5) is 11.4. The fourth-order valence-corrected chi connectivity index (χ4v) is 3.13. The summed E-state index contributed by atoms with van der Waals surface area (Å²) in [5, 5.41) is 0. The van der Waals surface area contributed by atoms with Crippen LogP contribution < -0.4 is 0 Å². The van der Waals surface area contributed by atoms with Gasteiger partial charge in [0.15, 0.2) is 0 Å². The molecule has 0 aromatic carbocycles. The van der Waals surface area contributed by atoms with Gasteiger partial charge in [0.1, 0.15) is 6.61 Å². The summed E-state index contributed by atoms with van der Waals surface area (Å²) in [6.45, 7) is 10.3. The van der Waals surface area contributed by atoms with E-state index >= 15 is 0 Å². The fraction of sp³-hybridized carbons (Fsp3) is 0.962. The second-order valence-corrected chi connectivity index (χ2v) is 8.21. The molecule has 7 nitrogen and oxygen atoms in total. The Balaban J connectivity index is 3.06. The molecule has 0 unspecified atom stereocenters. The van der Waals surface area contributed by atoms with Gasteiger partial charge < -0.3 is 28.4 Å². The summed E-state index contributed by atoms with van der Waals surface area (Å²) in [6, 6.07) is 0. The summed E-state index contributed by atoms with van der Waals surface area (Å²) in [6.07, 6.45) is 14.1. The van der Waals surface area contributed by atoms with Gasteiger partial charge in [-0.3, -0.25) is 4.79 Å². The zero-order valence-corrected chi connectivity index (χ0v) is 21.6. The largest absolute Gasteiger partial charge is 0.463 e. The van der Waals surface area contributed by atoms with Crippen LogP contribution in [0.1, 0.15) is 90.9 Å². The van der Waals surface area contributed by atoms with Crippen LogP contribution in [0.15, 0.2) is 0 Å². The molecule has 7 heteroatoms. The van der Waals surface area contributed by atoms with Gasteiger partial charge in [-0.05, 0) is 12.8 Å². The highest BCUT2D eigenvalue weighted by molar-refractivity contribution is 5.69. The highest BCUT2D eigenvalue weighted by atomic mass is 16.6. The lowest BCUT2D eigenvalue weighted by Crippen LogP contribution is -2.15. The Hall–Kier alpha value is -0.730. The molecule has 0 aliphatic rings. The van der Waals surface area contributed by atoms with Crippen molar-refractivity contribution in [3.63, 3.8) is 0 Å². The summed E-state index contributed by atoms with van der Waals surface area (Å²) in [7, 11) is 0. The van der Waals surface area contributed by atoms with E-state index in [1.54, 1.807) is 0 Å². The van der Waals surface area contributed by atoms with E-state index in [1.807, 2.05) is 0 Å². The number of rotatable bonds is 28. The quantitative estimate of drug-likeness (QED) is 0.112. The van der Waals surface area contributed by atoms with Gasteiger partial charge in [0.2, 0.25) is 0 Å². The van der Waals surface area contributed by atoms with Gasteiger partial charge in [-0.1, -0.05) is 71.6 Å². The van der Waals surface area contributed by atoms with Gasteiger partial charge in [0.25, 0.3) is 0 Å². The molecule has 0 amide bonds. The molecule has 0 N–H and O–H groups in total. The molecule has 0 saturated carbocycles. The molecule has 0 heterocycles. The predicted octanol–water partition coefficient (Wildman–Crippen LogP) is 5.33. The molecule has 0 saturated heterocycles. The minimum Gasteiger partial charge on any atom is -0.463 e. The van der Waals surface area contributed by atoms with Crippen molar-refractivity contribution in [2.45, 2.75) is 90.9 Å². The van der Waals surface area contributed by atoms with Crippen molar-refractivity contribution in [2.24, 2.45) is 0 Å². The third kappa shape index (κ3) is 29.2. The lowest BCUT2D eigenvalue weighted by molar-refractivity contribution is -0.145. The Bertz CT molecular complexity index is 380. The molecule has 0 aliphatic heterocycles. The molecular formula is C26H52O7. The summed E-state index contributed by atoms with van der Waals surface area (Å²) in [5.41, 5.74) is 0. The second-order valence-electron chi connectivity index (χ2n) is 8.21. The maximum absolute atomic E-state index is 11.4. The molecule has 0 aromatic heterocycles. The van der Waals surface area contributed by atoms with E-state index < -0.39 is 0 Å². The first kappa shape index (κ1) is 32.3. The first-order chi connectivity index (χ1) is 16.3. The molecular weight excluding hydrogens is 424 g/mol. The number of carbonyl (C=O) groups excluding carboxylic acids is 1. The van der Waals surface area contributed by atoms with E-state index in [1.165, 1.54) is 44.9 Å². The third-order valence-corrected chi connectivity index (χ3v) is 5.11. The van der Waals surface area contributed by atoms with E-state index in [0.29, 0.717) is 72.5 Å². The first-order valence-corrected chi connectivity index (χ1v) is 13.4. The molecule has 0 aromatic rings. The molecule has 0 rings (SSSR count). The zero-order valence-electron chi connectivity index (χ0n) is 21.6. The van der Waals surface area contributed by atoms with Gasteiger partial charge in [0.05, 0.1) is 59.5 Å². The van der Waals surface area contributed by atoms with E-state index in [0.717, 1.165) is 32.3 Å². The Morgan fingerprint density at radius 1 is 0.424 bits per heavy atom. The van der Waals surface area contributed by atoms with Crippen LogP contribution in [-0.4, -0.2) is 78.6 Å². The van der Waals surface area contributed by atoms with Crippen molar-refractivity contribution >= 4 is 5.97 Å². The van der Waals surface area contributed by atoms with Crippen molar-refractivity contribution in [3.05, 3.63) is 0 Å². The number of esters is 1. The van der Waals surface area contributed by atoms with Crippen molar-refractivity contribution < 1.29 is 33.2 Å². The van der Waals surface area contributed by atoms with E-state index in [2.05, 4.69) is 13.8 Å². The van der Waals surface area contributed by atoms with Crippen LogP contribution in [0.2, 0.25) is 0 Å².